The first-order valence-electron chi connectivity index (χ1n) is 4.78. The summed E-state index contributed by atoms with van der Waals surface area (Å²) in [7, 11) is 0. The third kappa shape index (κ3) is 3.19. The molecule has 0 fully saturated rings. The van der Waals surface area contributed by atoms with Crippen molar-refractivity contribution in [2.24, 2.45) is 5.92 Å². The molecule has 5 nitrogen and oxygen atoms in total. The van der Waals surface area contributed by atoms with Crippen LogP contribution in [0.1, 0.15) is 19.4 Å². The van der Waals surface area contributed by atoms with Gasteiger partial charge in [-0.2, -0.15) is 0 Å². The predicted molar refractivity (Wildman–Crippen MR) is 56.7 cm³/mol. The van der Waals surface area contributed by atoms with Crippen molar-refractivity contribution in [3.8, 4) is 0 Å². The molecule has 0 saturated heterocycles. The van der Waals surface area contributed by atoms with E-state index in [4.69, 9.17) is 5.11 Å². The quantitative estimate of drug-likeness (QED) is 0.781. The average Bonchev–Trinajstić information content (AvgIpc) is 2.15. The van der Waals surface area contributed by atoms with Gasteiger partial charge in [0, 0.05) is 12.4 Å². The second-order valence-electron chi connectivity index (χ2n) is 3.79. The number of hydrogen-bond acceptors (Lipinski definition) is 4. The maximum atomic E-state index is 10.9. The average molecular weight is 209 g/mol. The van der Waals surface area contributed by atoms with Crippen LogP contribution < -0.4 is 5.32 Å². The van der Waals surface area contributed by atoms with Crippen molar-refractivity contribution in [1.82, 2.24) is 9.97 Å². The SMILES string of the molecule is Cc1cnc(NC(C(=O)O)C(C)C)nc1. The van der Waals surface area contributed by atoms with E-state index in [0.717, 1.165) is 5.56 Å². The van der Waals surface area contributed by atoms with Crippen molar-refractivity contribution in [2.45, 2.75) is 26.8 Å². The van der Waals surface area contributed by atoms with Gasteiger partial charge in [0.2, 0.25) is 5.95 Å². The van der Waals surface area contributed by atoms with E-state index in [-0.39, 0.29) is 5.92 Å². The van der Waals surface area contributed by atoms with E-state index in [2.05, 4.69) is 15.3 Å². The largest absolute Gasteiger partial charge is 0.480 e. The number of hydrogen-bond donors (Lipinski definition) is 2. The smallest absolute Gasteiger partial charge is 0.326 e. The van der Waals surface area contributed by atoms with E-state index in [0.29, 0.717) is 5.95 Å². The molecule has 0 bridgehead atoms. The minimum atomic E-state index is -0.894. The molecule has 2 N–H and O–H groups in total. The molecule has 0 aliphatic rings. The third-order valence-corrected chi connectivity index (χ3v) is 2.00. The zero-order valence-corrected chi connectivity index (χ0v) is 9.06. The van der Waals surface area contributed by atoms with Gasteiger partial charge in [-0.25, -0.2) is 14.8 Å². The minimum absolute atomic E-state index is 0.0209. The number of nitrogens with zero attached hydrogens (tertiary/aromatic N) is 2. The number of aryl methyl sites for hydroxylation is 1. The van der Waals surface area contributed by atoms with Crippen molar-refractivity contribution in [3.05, 3.63) is 18.0 Å². The second kappa shape index (κ2) is 4.72. The van der Waals surface area contributed by atoms with Gasteiger partial charge in [0.25, 0.3) is 0 Å². The zero-order valence-electron chi connectivity index (χ0n) is 9.06. The number of nitrogens with one attached hydrogen (secondary N) is 1. The normalized spacial score (nSPS) is 12.5. The van der Waals surface area contributed by atoms with E-state index >= 15 is 0 Å². The summed E-state index contributed by atoms with van der Waals surface area (Å²) in [6.07, 6.45) is 3.29. The summed E-state index contributed by atoms with van der Waals surface area (Å²) in [5, 5.41) is 11.7. The van der Waals surface area contributed by atoms with Gasteiger partial charge in [0.05, 0.1) is 0 Å². The summed E-state index contributed by atoms with van der Waals surface area (Å²) in [6.45, 7) is 5.54. The lowest BCUT2D eigenvalue weighted by Gasteiger charge is -2.17. The Bertz CT molecular complexity index is 335. The van der Waals surface area contributed by atoms with E-state index in [1.165, 1.54) is 0 Å². The highest BCUT2D eigenvalue weighted by atomic mass is 16.4. The minimum Gasteiger partial charge on any atom is -0.480 e. The Kier molecular flexibility index (Phi) is 3.60. The molecular weight excluding hydrogens is 194 g/mol. The van der Waals surface area contributed by atoms with Crippen molar-refractivity contribution in [2.75, 3.05) is 5.32 Å². The predicted octanol–water partition coefficient (Wildman–Crippen LogP) is 1.31. The molecule has 1 rings (SSSR count). The molecule has 0 spiro atoms. The highest BCUT2D eigenvalue weighted by Crippen LogP contribution is 2.08. The Morgan fingerprint density at radius 2 is 1.93 bits per heavy atom. The number of aromatic nitrogens is 2. The summed E-state index contributed by atoms with van der Waals surface area (Å²) in [6, 6.07) is -0.660. The number of carboxylic acids is 1. The van der Waals surface area contributed by atoms with Crippen molar-refractivity contribution in [3.63, 3.8) is 0 Å². The Balaban J connectivity index is 2.74. The number of anilines is 1. The monoisotopic (exact) mass is 209 g/mol. The Labute approximate surface area is 88.6 Å². The lowest BCUT2D eigenvalue weighted by Crippen LogP contribution is -2.34. The first kappa shape index (κ1) is 11.4. The number of rotatable bonds is 4. The number of aliphatic carboxylic acids is 1. The van der Waals surface area contributed by atoms with Crippen LogP contribution >= 0.6 is 0 Å². The molecule has 1 aromatic heterocycles. The van der Waals surface area contributed by atoms with Crippen molar-refractivity contribution in [1.29, 1.82) is 0 Å². The third-order valence-electron chi connectivity index (χ3n) is 2.00. The van der Waals surface area contributed by atoms with Gasteiger partial charge >= 0.3 is 5.97 Å². The van der Waals surface area contributed by atoms with Crippen LogP contribution in [0, 0.1) is 12.8 Å². The molecule has 0 aliphatic heterocycles. The standard InChI is InChI=1S/C10H15N3O2/c1-6(2)8(9(14)15)13-10-11-4-7(3)5-12-10/h4-6,8H,1-3H3,(H,14,15)(H,11,12,13). The van der Waals surface area contributed by atoms with Gasteiger partial charge in [-0.15, -0.1) is 0 Å². The first-order chi connectivity index (χ1) is 7.00. The fourth-order valence-corrected chi connectivity index (χ4v) is 1.12. The summed E-state index contributed by atoms with van der Waals surface area (Å²) in [4.78, 5) is 18.9. The highest BCUT2D eigenvalue weighted by Gasteiger charge is 2.21. The van der Waals surface area contributed by atoms with Crippen LogP contribution in [-0.4, -0.2) is 27.1 Å². The van der Waals surface area contributed by atoms with E-state index in [9.17, 15) is 4.79 Å². The van der Waals surface area contributed by atoms with Crippen LogP contribution in [0.4, 0.5) is 5.95 Å². The van der Waals surface area contributed by atoms with Crippen LogP contribution in [0.5, 0.6) is 0 Å². The molecule has 5 heteroatoms. The van der Waals surface area contributed by atoms with Gasteiger partial charge in [0.15, 0.2) is 0 Å². The Morgan fingerprint density at radius 1 is 1.40 bits per heavy atom. The molecule has 1 aromatic rings. The fraction of sp³-hybridized carbons (Fsp3) is 0.500. The number of carboxylic acid groups (broad SMARTS) is 1. The topological polar surface area (TPSA) is 75.1 Å². The first-order valence-corrected chi connectivity index (χ1v) is 4.78. The van der Waals surface area contributed by atoms with Gasteiger partial charge < -0.3 is 10.4 Å². The van der Waals surface area contributed by atoms with Gasteiger partial charge in [-0.3, -0.25) is 0 Å². The van der Waals surface area contributed by atoms with E-state index in [1.54, 1.807) is 12.4 Å². The van der Waals surface area contributed by atoms with Crippen LogP contribution in [0.25, 0.3) is 0 Å². The Morgan fingerprint density at radius 3 is 2.33 bits per heavy atom. The van der Waals surface area contributed by atoms with E-state index in [1.807, 2.05) is 20.8 Å². The lowest BCUT2D eigenvalue weighted by molar-refractivity contribution is -0.138. The molecule has 0 aliphatic carbocycles. The van der Waals surface area contributed by atoms with Crippen LogP contribution in [0.3, 0.4) is 0 Å². The molecule has 0 saturated carbocycles. The maximum Gasteiger partial charge on any atom is 0.326 e. The molecule has 1 unspecified atom stereocenters. The fourth-order valence-electron chi connectivity index (χ4n) is 1.12. The molecule has 82 valence electrons. The molecule has 1 heterocycles. The number of carbonyl (C=O) groups is 1. The lowest BCUT2D eigenvalue weighted by atomic mass is 10.1. The summed E-state index contributed by atoms with van der Waals surface area (Å²) >= 11 is 0. The summed E-state index contributed by atoms with van der Waals surface area (Å²) in [5.74, 6) is -0.566. The second-order valence-corrected chi connectivity index (χ2v) is 3.79. The van der Waals surface area contributed by atoms with Gasteiger partial charge in [0.1, 0.15) is 6.04 Å². The molecule has 0 aromatic carbocycles. The summed E-state index contributed by atoms with van der Waals surface area (Å²) < 4.78 is 0. The van der Waals surface area contributed by atoms with Crippen molar-refractivity contribution >= 4 is 11.9 Å². The van der Waals surface area contributed by atoms with Crippen LogP contribution in [-0.2, 0) is 4.79 Å². The molecular formula is C10H15N3O2. The Hall–Kier alpha value is -1.65. The molecule has 1 atom stereocenters. The van der Waals surface area contributed by atoms with Gasteiger partial charge in [-0.1, -0.05) is 13.8 Å². The molecule has 0 radical (unpaired) electrons. The van der Waals surface area contributed by atoms with Gasteiger partial charge in [-0.05, 0) is 18.4 Å². The van der Waals surface area contributed by atoms with E-state index < -0.39 is 12.0 Å². The van der Waals surface area contributed by atoms with Crippen LogP contribution in [0.2, 0.25) is 0 Å². The van der Waals surface area contributed by atoms with Crippen molar-refractivity contribution < 1.29 is 9.90 Å². The van der Waals surface area contributed by atoms with Crippen LogP contribution in [0.15, 0.2) is 12.4 Å². The maximum absolute atomic E-state index is 10.9. The summed E-state index contributed by atoms with van der Waals surface area (Å²) in [5.41, 5.74) is 0.942. The zero-order chi connectivity index (χ0) is 11.4. The molecule has 15 heavy (non-hydrogen) atoms. The molecule has 0 amide bonds. The highest BCUT2D eigenvalue weighted by molar-refractivity contribution is 5.76.